The third-order valence-electron chi connectivity index (χ3n) is 4.07. The Kier molecular flexibility index (Phi) is 5.61. The summed E-state index contributed by atoms with van der Waals surface area (Å²) >= 11 is 0. The van der Waals surface area contributed by atoms with Gasteiger partial charge in [0.15, 0.2) is 0 Å². The van der Waals surface area contributed by atoms with Crippen LogP contribution in [0.4, 0.5) is 0 Å². The smallest absolute Gasteiger partial charge is 0.243 e. The average molecular weight is 252 g/mol. The van der Waals surface area contributed by atoms with E-state index in [2.05, 4.69) is 6.07 Å². The first-order valence-corrected chi connectivity index (χ1v) is 6.98. The van der Waals surface area contributed by atoms with Gasteiger partial charge in [0, 0.05) is 12.6 Å². The van der Waals surface area contributed by atoms with Crippen LogP contribution in [0.25, 0.3) is 0 Å². The van der Waals surface area contributed by atoms with Crippen LogP contribution in [0.5, 0.6) is 0 Å². The molecule has 1 amide bonds. The number of rotatable bonds is 6. The van der Waals surface area contributed by atoms with Crippen LogP contribution in [0.3, 0.4) is 0 Å². The van der Waals surface area contributed by atoms with Crippen molar-refractivity contribution >= 4 is 5.91 Å². The fraction of sp³-hybridized carbons (Fsp3) is 0.857. The van der Waals surface area contributed by atoms with Gasteiger partial charge < -0.3 is 10.0 Å². The summed E-state index contributed by atoms with van der Waals surface area (Å²) in [5.74, 6) is -0.0646. The molecule has 0 aromatic heterocycles. The predicted octanol–water partition coefficient (Wildman–Crippen LogP) is 2.08. The highest BCUT2D eigenvalue weighted by Crippen LogP contribution is 2.39. The first-order chi connectivity index (χ1) is 8.65. The van der Waals surface area contributed by atoms with Crippen molar-refractivity contribution < 1.29 is 9.90 Å². The third kappa shape index (κ3) is 2.84. The standard InChI is InChI=1S/C14H24N2O2/c1-3-12(4-2)16(9-10-17)13(18)14(11-15)7-5-6-8-14/h12,17H,3-10H2,1-2H3. The lowest BCUT2D eigenvalue weighted by Gasteiger charge is -2.35. The van der Waals surface area contributed by atoms with Crippen molar-refractivity contribution in [2.45, 2.75) is 58.4 Å². The normalized spacial score (nSPS) is 17.7. The number of nitriles is 1. The number of aliphatic hydroxyl groups is 1. The van der Waals surface area contributed by atoms with Gasteiger partial charge in [-0.15, -0.1) is 0 Å². The van der Waals surface area contributed by atoms with Gasteiger partial charge in [-0.3, -0.25) is 4.79 Å². The second-order valence-corrected chi connectivity index (χ2v) is 5.09. The largest absolute Gasteiger partial charge is 0.395 e. The van der Waals surface area contributed by atoms with Gasteiger partial charge in [-0.1, -0.05) is 26.7 Å². The minimum atomic E-state index is -0.822. The summed E-state index contributed by atoms with van der Waals surface area (Å²) in [6, 6.07) is 2.38. The zero-order valence-corrected chi connectivity index (χ0v) is 11.5. The molecule has 1 aliphatic carbocycles. The zero-order valence-electron chi connectivity index (χ0n) is 11.5. The van der Waals surface area contributed by atoms with E-state index in [1.165, 1.54) is 0 Å². The van der Waals surface area contributed by atoms with Crippen LogP contribution in [0.2, 0.25) is 0 Å². The van der Waals surface area contributed by atoms with Gasteiger partial charge in [0.2, 0.25) is 5.91 Å². The molecule has 1 rings (SSSR count). The maximum Gasteiger partial charge on any atom is 0.243 e. The van der Waals surface area contributed by atoms with Gasteiger partial charge in [-0.05, 0) is 25.7 Å². The van der Waals surface area contributed by atoms with Crippen molar-refractivity contribution in [2.24, 2.45) is 5.41 Å². The van der Waals surface area contributed by atoms with Crippen LogP contribution >= 0.6 is 0 Å². The second-order valence-electron chi connectivity index (χ2n) is 5.09. The summed E-state index contributed by atoms with van der Waals surface area (Å²) in [4.78, 5) is 14.4. The van der Waals surface area contributed by atoms with E-state index in [9.17, 15) is 10.1 Å². The zero-order chi connectivity index (χ0) is 13.6. The lowest BCUT2D eigenvalue weighted by Crippen LogP contribution is -2.48. The summed E-state index contributed by atoms with van der Waals surface area (Å²) in [5, 5.41) is 18.5. The number of aliphatic hydroxyl groups excluding tert-OH is 1. The average Bonchev–Trinajstić information content (AvgIpc) is 2.88. The van der Waals surface area contributed by atoms with Crippen LogP contribution in [0, 0.1) is 16.7 Å². The van der Waals surface area contributed by atoms with E-state index in [0.717, 1.165) is 25.7 Å². The van der Waals surface area contributed by atoms with Gasteiger partial charge in [0.25, 0.3) is 0 Å². The summed E-state index contributed by atoms with van der Waals surface area (Å²) < 4.78 is 0. The molecule has 0 unspecified atom stereocenters. The number of carbonyl (C=O) groups is 1. The van der Waals surface area contributed by atoms with Gasteiger partial charge in [0.1, 0.15) is 5.41 Å². The van der Waals surface area contributed by atoms with Gasteiger partial charge in [-0.25, -0.2) is 0 Å². The Balaban J connectivity index is 2.91. The molecular formula is C14H24N2O2. The fourth-order valence-electron chi connectivity index (χ4n) is 2.91. The monoisotopic (exact) mass is 252 g/mol. The molecule has 0 bridgehead atoms. The van der Waals surface area contributed by atoms with Crippen LogP contribution in [0.1, 0.15) is 52.4 Å². The summed E-state index contributed by atoms with van der Waals surface area (Å²) in [6.07, 6.45) is 4.98. The van der Waals surface area contributed by atoms with E-state index in [1.807, 2.05) is 13.8 Å². The topological polar surface area (TPSA) is 64.3 Å². The number of carbonyl (C=O) groups excluding carboxylic acids is 1. The Labute approximate surface area is 110 Å². The molecule has 0 aliphatic heterocycles. The fourth-order valence-corrected chi connectivity index (χ4v) is 2.91. The summed E-state index contributed by atoms with van der Waals surface area (Å²) in [6.45, 7) is 4.39. The van der Waals surface area contributed by atoms with Crippen molar-refractivity contribution in [1.29, 1.82) is 5.26 Å². The Bertz CT molecular complexity index is 312. The van der Waals surface area contributed by atoms with E-state index in [-0.39, 0.29) is 18.6 Å². The molecule has 0 atom stereocenters. The van der Waals surface area contributed by atoms with Crippen molar-refractivity contribution in [3.8, 4) is 6.07 Å². The van der Waals surface area contributed by atoms with Crippen molar-refractivity contribution in [2.75, 3.05) is 13.2 Å². The first-order valence-electron chi connectivity index (χ1n) is 6.98. The van der Waals surface area contributed by atoms with Gasteiger partial charge in [0.05, 0.1) is 12.7 Å². The molecule has 1 fully saturated rings. The van der Waals surface area contributed by atoms with E-state index < -0.39 is 5.41 Å². The second kappa shape index (κ2) is 6.75. The SMILES string of the molecule is CCC(CC)N(CCO)C(=O)C1(C#N)CCCC1. The molecule has 4 nitrogen and oxygen atoms in total. The minimum absolute atomic E-state index is 0.0379. The maximum absolute atomic E-state index is 12.6. The number of hydrogen-bond donors (Lipinski definition) is 1. The number of nitrogens with zero attached hydrogens (tertiary/aromatic N) is 2. The van der Waals surface area contributed by atoms with E-state index in [1.54, 1.807) is 4.90 Å². The molecule has 0 aromatic rings. The van der Waals surface area contributed by atoms with Crippen molar-refractivity contribution in [1.82, 2.24) is 4.90 Å². The lowest BCUT2D eigenvalue weighted by atomic mass is 9.85. The molecule has 0 radical (unpaired) electrons. The Morgan fingerprint density at radius 3 is 2.33 bits per heavy atom. The highest BCUT2D eigenvalue weighted by Gasteiger charge is 2.44. The molecular weight excluding hydrogens is 228 g/mol. The van der Waals surface area contributed by atoms with Crippen molar-refractivity contribution in [3.05, 3.63) is 0 Å². The third-order valence-corrected chi connectivity index (χ3v) is 4.07. The molecule has 0 spiro atoms. The Hall–Kier alpha value is -1.08. The highest BCUT2D eigenvalue weighted by molar-refractivity contribution is 5.86. The predicted molar refractivity (Wildman–Crippen MR) is 69.7 cm³/mol. The summed E-state index contributed by atoms with van der Waals surface area (Å²) in [5.41, 5.74) is -0.822. The van der Waals surface area contributed by atoms with Crippen LogP contribution in [-0.2, 0) is 4.79 Å². The molecule has 0 aromatic carbocycles. The molecule has 1 saturated carbocycles. The summed E-state index contributed by atoms with van der Waals surface area (Å²) in [7, 11) is 0. The number of amides is 1. The quantitative estimate of drug-likeness (QED) is 0.787. The van der Waals surface area contributed by atoms with Crippen LogP contribution in [0.15, 0.2) is 0 Å². The highest BCUT2D eigenvalue weighted by atomic mass is 16.3. The van der Waals surface area contributed by atoms with Gasteiger partial charge >= 0.3 is 0 Å². The van der Waals surface area contributed by atoms with E-state index >= 15 is 0 Å². The molecule has 1 N–H and O–H groups in total. The van der Waals surface area contributed by atoms with E-state index in [0.29, 0.717) is 19.4 Å². The molecule has 0 heterocycles. The Morgan fingerprint density at radius 1 is 1.39 bits per heavy atom. The van der Waals surface area contributed by atoms with Crippen LogP contribution < -0.4 is 0 Å². The molecule has 102 valence electrons. The molecule has 1 aliphatic rings. The lowest BCUT2D eigenvalue weighted by molar-refractivity contribution is -0.142. The maximum atomic E-state index is 12.6. The molecule has 18 heavy (non-hydrogen) atoms. The Morgan fingerprint density at radius 2 is 1.94 bits per heavy atom. The van der Waals surface area contributed by atoms with Crippen LogP contribution in [-0.4, -0.2) is 35.1 Å². The molecule has 0 saturated heterocycles. The van der Waals surface area contributed by atoms with E-state index in [4.69, 9.17) is 5.11 Å². The minimum Gasteiger partial charge on any atom is -0.395 e. The number of hydrogen-bond acceptors (Lipinski definition) is 3. The first kappa shape index (κ1) is 15.0. The van der Waals surface area contributed by atoms with Gasteiger partial charge in [-0.2, -0.15) is 5.26 Å². The molecule has 4 heteroatoms. The van der Waals surface area contributed by atoms with Crippen molar-refractivity contribution in [3.63, 3.8) is 0 Å².